The molecule has 0 amide bonds. The van der Waals surface area contributed by atoms with Crippen LogP contribution < -0.4 is 4.90 Å². The van der Waals surface area contributed by atoms with Crippen molar-refractivity contribution in [2.75, 3.05) is 11.4 Å². The molecule has 3 aromatic rings. The molecule has 2 aliphatic heterocycles. The molecule has 0 radical (unpaired) electrons. The van der Waals surface area contributed by atoms with E-state index in [4.69, 9.17) is 9.97 Å². The van der Waals surface area contributed by atoms with E-state index in [0.29, 0.717) is 18.6 Å². The standard InChI is InChI=1S/C30H36N6/c1-20(2)36-26(8-6-5-7-25-19-31-35-34-25)17-18-27-30(36)33-29(24-15-11-22(4)12-16-24)28(32-27)23-13-9-21(3)10-14-23/h9-16,20,26H,5-8,17-19H2,1-4H3. The van der Waals surface area contributed by atoms with Gasteiger partial charge in [-0.05, 0) is 65.0 Å². The first-order chi connectivity index (χ1) is 17.5. The summed E-state index contributed by atoms with van der Waals surface area (Å²) in [6.45, 7) is 9.47. The maximum atomic E-state index is 5.38. The van der Waals surface area contributed by atoms with Crippen LogP contribution in [0, 0.1) is 13.8 Å². The molecule has 0 bridgehead atoms. The van der Waals surface area contributed by atoms with Crippen molar-refractivity contribution in [1.82, 2.24) is 9.97 Å². The highest BCUT2D eigenvalue weighted by Crippen LogP contribution is 2.38. The van der Waals surface area contributed by atoms with Crippen LogP contribution in [0.25, 0.3) is 22.5 Å². The second kappa shape index (κ2) is 10.7. The van der Waals surface area contributed by atoms with Gasteiger partial charge in [0.25, 0.3) is 0 Å². The van der Waals surface area contributed by atoms with Gasteiger partial charge in [-0.15, -0.1) is 5.10 Å². The van der Waals surface area contributed by atoms with Crippen molar-refractivity contribution in [2.45, 2.75) is 78.3 Å². The predicted octanol–water partition coefficient (Wildman–Crippen LogP) is 7.34. The van der Waals surface area contributed by atoms with Gasteiger partial charge >= 0.3 is 0 Å². The molecular formula is C30H36N6. The Labute approximate surface area is 214 Å². The van der Waals surface area contributed by atoms with E-state index in [0.717, 1.165) is 71.8 Å². The Morgan fingerprint density at radius 3 is 2.08 bits per heavy atom. The highest BCUT2D eigenvalue weighted by atomic mass is 15.4. The van der Waals surface area contributed by atoms with Gasteiger partial charge in [0, 0.05) is 23.2 Å². The lowest BCUT2D eigenvalue weighted by Crippen LogP contribution is -2.45. The first-order valence-electron chi connectivity index (χ1n) is 13.2. The van der Waals surface area contributed by atoms with Crippen molar-refractivity contribution in [3.05, 3.63) is 65.4 Å². The number of nitrogens with zero attached hydrogens (tertiary/aromatic N) is 6. The number of benzene rings is 2. The van der Waals surface area contributed by atoms with E-state index in [-0.39, 0.29) is 0 Å². The van der Waals surface area contributed by atoms with E-state index >= 15 is 0 Å². The lowest BCUT2D eigenvalue weighted by Gasteiger charge is -2.41. The predicted molar refractivity (Wildman–Crippen MR) is 148 cm³/mol. The molecule has 1 atom stereocenters. The summed E-state index contributed by atoms with van der Waals surface area (Å²) in [6.07, 6.45) is 6.53. The monoisotopic (exact) mass is 480 g/mol. The molecule has 3 heterocycles. The zero-order valence-corrected chi connectivity index (χ0v) is 21.9. The highest BCUT2D eigenvalue weighted by molar-refractivity contribution is 5.87. The Bertz CT molecular complexity index is 1260. The van der Waals surface area contributed by atoms with Crippen LogP contribution in [-0.2, 0) is 6.42 Å². The van der Waals surface area contributed by atoms with Gasteiger partial charge < -0.3 is 4.90 Å². The van der Waals surface area contributed by atoms with Gasteiger partial charge in [0.2, 0.25) is 0 Å². The van der Waals surface area contributed by atoms with Crippen LogP contribution in [-0.4, -0.2) is 34.3 Å². The van der Waals surface area contributed by atoms with Crippen molar-refractivity contribution in [3.63, 3.8) is 0 Å². The molecule has 2 aromatic carbocycles. The average molecular weight is 481 g/mol. The third-order valence-electron chi connectivity index (χ3n) is 7.26. The SMILES string of the molecule is Cc1ccc(-c2nc3c(nc2-c2ccc(C)cc2)N(C(C)C)C(CCCCC2=NN=NC2)CC3)cc1. The van der Waals surface area contributed by atoms with Gasteiger partial charge in [0.1, 0.15) is 6.54 Å². The van der Waals surface area contributed by atoms with Crippen LogP contribution in [0.5, 0.6) is 0 Å². The summed E-state index contributed by atoms with van der Waals surface area (Å²) >= 11 is 0. The molecule has 6 heteroatoms. The fourth-order valence-electron chi connectivity index (χ4n) is 5.30. The first-order valence-corrected chi connectivity index (χ1v) is 13.2. The van der Waals surface area contributed by atoms with E-state index in [1.807, 2.05) is 0 Å². The summed E-state index contributed by atoms with van der Waals surface area (Å²) < 4.78 is 0. The summed E-state index contributed by atoms with van der Waals surface area (Å²) in [7, 11) is 0. The summed E-state index contributed by atoms with van der Waals surface area (Å²) in [5, 5.41) is 11.8. The third kappa shape index (κ3) is 5.23. The minimum atomic E-state index is 0.358. The second-order valence-corrected chi connectivity index (χ2v) is 10.4. The van der Waals surface area contributed by atoms with Crippen LogP contribution in [0.3, 0.4) is 0 Å². The fraction of sp³-hybridized carbons (Fsp3) is 0.433. The Morgan fingerprint density at radius 1 is 0.861 bits per heavy atom. The molecule has 1 aromatic heterocycles. The topological polar surface area (TPSA) is 66.1 Å². The lowest BCUT2D eigenvalue weighted by molar-refractivity contribution is 0.441. The van der Waals surface area contributed by atoms with Gasteiger partial charge in [-0.3, -0.25) is 0 Å². The van der Waals surface area contributed by atoms with Crippen LogP contribution in [0.15, 0.2) is 64.0 Å². The normalized spacial score (nSPS) is 17.0. The number of hydrogen-bond donors (Lipinski definition) is 0. The molecule has 0 fully saturated rings. The lowest BCUT2D eigenvalue weighted by atomic mass is 9.94. The second-order valence-electron chi connectivity index (χ2n) is 10.4. The smallest absolute Gasteiger partial charge is 0.151 e. The number of rotatable bonds is 8. The number of hydrogen-bond acceptors (Lipinski definition) is 6. The third-order valence-corrected chi connectivity index (χ3v) is 7.26. The Balaban J connectivity index is 1.47. The zero-order chi connectivity index (χ0) is 25.1. The van der Waals surface area contributed by atoms with Gasteiger partial charge in [-0.1, -0.05) is 66.1 Å². The molecule has 0 aliphatic carbocycles. The summed E-state index contributed by atoms with van der Waals surface area (Å²) in [4.78, 5) is 13.2. The van der Waals surface area contributed by atoms with E-state index in [1.165, 1.54) is 17.5 Å². The zero-order valence-electron chi connectivity index (χ0n) is 21.9. The van der Waals surface area contributed by atoms with Crippen LogP contribution in [0.4, 0.5) is 5.82 Å². The highest BCUT2D eigenvalue weighted by Gasteiger charge is 2.31. The molecule has 36 heavy (non-hydrogen) atoms. The maximum absolute atomic E-state index is 5.38. The van der Waals surface area contributed by atoms with Crippen molar-refractivity contribution in [2.24, 2.45) is 15.4 Å². The molecule has 0 N–H and O–H groups in total. The Hall–Kier alpha value is -3.41. The molecule has 0 spiro atoms. The number of aryl methyl sites for hydroxylation is 3. The summed E-state index contributed by atoms with van der Waals surface area (Å²) in [5.74, 6) is 1.06. The minimum Gasteiger partial charge on any atom is -0.350 e. The number of anilines is 1. The van der Waals surface area contributed by atoms with Gasteiger partial charge in [0.05, 0.1) is 22.8 Å². The van der Waals surface area contributed by atoms with Crippen molar-refractivity contribution in [3.8, 4) is 22.5 Å². The van der Waals surface area contributed by atoms with Crippen molar-refractivity contribution in [1.29, 1.82) is 0 Å². The fourth-order valence-corrected chi connectivity index (χ4v) is 5.30. The molecule has 0 saturated heterocycles. The van der Waals surface area contributed by atoms with Gasteiger partial charge in [0.15, 0.2) is 5.82 Å². The molecule has 1 unspecified atom stereocenters. The minimum absolute atomic E-state index is 0.358. The van der Waals surface area contributed by atoms with Crippen molar-refractivity contribution < 1.29 is 0 Å². The van der Waals surface area contributed by atoms with Crippen LogP contribution in [0.2, 0.25) is 0 Å². The molecule has 186 valence electrons. The molecule has 0 saturated carbocycles. The number of fused-ring (bicyclic) bond motifs is 1. The van der Waals surface area contributed by atoms with Crippen LogP contribution in [0.1, 0.15) is 62.8 Å². The molecular weight excluding hydrogens is 444 g/mol. The maximum Gasteiger partial charge on any atom is 0.151 e. The van der Waals surface area contributed by atoms with Gasteiger partial charge in [-0.2, -0.15) is 5.11 Å². The molecule has 5 rings (SSSR count). The number of unbranched alkanes of at least 4 members (excludes halogenated alkanes) is 1. The average Bonchev–Trinajstić information content (AvgIpc) is 3.40. The van der Waals surface area contributed by atoms with Crippen LogP contribution >= 0.6 is 0 Å². The van der Waals surface area contributed by atoms with E-state index in [9.17, 15) is 0 Å². The largest absolute Gasteiger partial charge is 0.350 e. The van der Waals surface area contributed by atoms with E-state index in [1.54, 1.807) is 0 Å². The molecule has 2 aliphatic rings. The number of aromatic nitrogens is 2. The molecule has 6 nitrogen and oxygen atoms in total. The summed E-state index contributed by atoms with van der Waals surface area (Å²) in [6, 6.07) is 18.2. The first kappa shape index (κ1) is 24.3. The summed E-state index contributed by atoms with van der Waals surface area (Å²) in [5.41, 5.74) is 8.92. The Morgan fingerprint density at radius 2 is 1.50 bits per heavy atom. The Kier molecular flexibility index (Phi) is 7.21. The van der Waals surface area contributed by atoms with E-state index in [2.05, 4.69) is 96.6 Å². The van der Waals surface area contributed by atoms with E-state index < -0.39 is 0 Å². The quantitative estimate of drug-likeness (QED) is 0.317. The van der Waals surface area contributed by atoms with Gasteiger partial charge in [-0.25, -0.2) is 9.97 Å². The van der Waals surface area contributed by atoms with Crippen molar-refractivity contribution >= 4 is 11.5 Å².